The van der Waals surface area contributed by atoms with Gasteiger partial charge < -0.3 is 10.4 Å². The number of carbonyl (C=O) groups excluding carboxylic acids is 1. The summed E-state index contributed by atoms with van der Waals surface area (Å²) in [5, 5.41) is 11.0. The van der Waals surface area contributed by atoms with Gasteiger partial charge in [-0.2, -0.15) is 13.2 Å². The van der Waals surface area contributed by atoms with Crippen molar-refractivity contribution in [2.24, 2.45) is 0 Å². The van der Waals surface area contributed by atoms with E-state index in [-0.39, 0.29) is 12.0 Å². The van der Waals surface area contributed by atoms with E-state index in [4.69, 9.17) is 5.11 Å². The van der Waals surface area contributed by atoms with Crippen LogP contribution in [0.3, 0.4) is 0 Å². The molecule has 0 aliphatic heterocycles. The van der Waals surface area contributed by atoms with Gasteiger partial charge in [-0.1, -0.05) is 25.1 Å². The van der Waals surface area contributed by atoms with Crippen LogP contribution < -0.4 is 5.32 Å². The average Bonchev–Trinajstić information content (AvgIpc) is 2.38. The van der Waals surface area contributed by atoms with Crippen LogP contribution >= 0.6 is 0 Å². The molecule has 0 aliphatic carbocycles. The molecule has 0 aliphatic rings. The summed E-state index contributed by atoms with van der Waals surface area (Å²) >= 11 is 0. The molecule has 1 rings (SSSR count). The highest BCUT2D eigenvalue weighted by Gasteiger charge is 2.31. The highest BCUT2D eigenvalue weighted by molar-refractivity contribution is 5.87. The Labute approximate surface area is 120 Å². The molecule has 0 aromatic heterocycles. The molecule has 0 fully saturated rings. The zero-order valence-corrected chi connectivity index (χ0v) is 11.6. The Hall–Kier alpha value is -2.05. The zero-order chi connectivity index (χ0) is 16.2. The van der Waals surface area contributed by atoms with E-state index in [1.807, 2.05) is 0 Å². The van der Waals surface area contributed by atoms with Gasteiger partial charge in [-0.3, -0.25) is 9.59 Å². The third kappa shape index (κ3) is 4.47. The first-order valence-electron chi connectivity index (χ1n) is 6.37. The maximum absolute atomic E-state index is 12.7. The van der Waals surface area contributed by atoms with E-state index >= 15 is 0 Å². The maximum atomic E-state index is 12.7. The second kappa shape index (κ2) is 6.60. The molecule has 21 heavy (non-hydrogen) atoms. The largest absolute Gasteiger partial charge is 0.480 e. The number of carboxylic acid groups (broad SMARTS) is 1. The van der Waals surface area contributed by atoms with Gasteiger partial charge in [-0.25, -0.2) is 0 Å². The van der Waals surface area contributed by atoms with Crippen LogP contribution in [0.15, 0.2) is 24.3 Å². The van der Waals surface area contributed by atoms with E-state index in [1.54, 1.807) is 6.92 Å². The molecular formula is C14H16F3NO3. The number of carboxylic acids is 1. The second-order valence-electron chi connectivity index (χ2n) is 4.65. The third-order valence-corrected chi connectivity index (χ3v) is 3.07. The Morgan fingerprint density at radius 1 is 1.33 bits per heavy atom. The molecule has 7 heteroatoms. The lowest BCUT2D eigenvalue weighted by atomic mass is 9.93. The van der Waals surface area contributed by atoms with Crippen LogP contribution in [0, 0.1) is 0 Å². The van der Waals surface area contributed by atoms with Crippen LogP contribution in [0.5, 0.6) is 0 Å². The van der Waals surface area contributed by atoms with Crippen molar-refractivity contribution >= 4 is 11.9 Å². The Bertz CT molecular complexity index is 528. The average molecular weight is 303 g/mol. The first-order valence-corrected chi connectivity index (χ1v) is 6.37. The van der Waals surface area contributed by atoms with Crippen molar-refractivity contribution in [3.05, 3.63) is 35.4 Å². The summed E-state index contributed by atoms with van der Waals surface area (Å²) in [5.41, 5.74) is -0.625. The molecular weight excluding hydrogens is 287 g/mol. The molecule has 0 saturated heterocycles. The molecule has 0 saturated carbocycles. The van der Waals surface area contributed by atoms with Crippen LogP contribution in [0.2, 0.25) is 0 Å². The number of alkyl halides is 3. The van der Waals surface area contributed by atoms with E-state index in [1.165, 1.54) is 19.1 Å². The lowest BCUT2D eigenvalue weighted by Crippen LogP contribution is -2.40. The number of amides is 1. The number of halogens is 3. The number of benzene rings is 1. The molecule has 4 nitrogen and oxygen atoms in total. The van der Waals surface area contributed by atoms with E-state index in [0.29, 0.717) is 0 Å². The van der Waals surface area contributed by atoms with Gasteiger partial charge in [0.1, 0.15) is 6.04 Å². The minimum Gasteiger partial charge on any atom is -0.480 e. The fraction of sp³-hybridized carbons (Fsp3) is 0.429. The van der Waals surface area contributed by atoms with Crippen molar-refractivity contribution in [2.75, 3.05) is 0 Å². The Morgan fingerprint density at radius 3 is 2.43 bits per heavy atom. The highest BCUT2D eigenvalue weighted by Crippen LogP contribution is 2.31. The SMILES string of the molecule is CCC(C(=O)N[C@@H](C)C(=O)O)c1cccc(C(F)(F)F)c1. The fourth-order valence-electron chi connectivity index (χ4n) is 1.88. The summed E-state index contributed by atoms with van der Waals surface area (Å²) in [7, 11) is 0. The minimum absolute atomic E-state index is 0.211. The van der Waals surface area contributed by atoms with Crippen molar-refractivity contribution < 1.29 is 27.9 Å². The summed E-state index contributed by atoms with van der Waals surface area (Å²) in [6.45, 7) is 2.94. The summed E-state index contributed by atoms with van der Waals surface area (Å²) in [6.07, 6.45) is -4.22. The molecule has 0 heterocycles. The van der Waals surface area contributed by atoms with Crippen LogP contribution in [-0.4, -0.2) is 23.0 Å². The van der Waals surface area contributed by atoms with Crippen LogP contribution in [-0.2, 0) is 15.8 Å². The molecule has 1 aromatic rings. The van der Waals surface area contributed by atoms with Crippen molar-refractivity contribution in [2.45, 2.75) is 38.4 Å². The van der Waals surface area contributed by atoms with Crippen molar-refractivity contribution in [1.82, 2.24) is 5.32 Å². The smallest absolute Gasteiger partial charge is 0.416 e. The fourth-order valence-corrected chi connectivity index (χ4v) is 1.88. The first kappa shape index (κ1) is 17.0. The predicted molar refractivity (Wildman–Crippen MR) is 69.7 cm³/mol. The van der Waals surface area contributed by atoms with Gasteiger partial charge in [0.05, 0.1) is 11.5 Å². The molecule has 1 unspecified atom stereocenters. The van der Waals surface area contributed by atoms with Crippen LogP contribution in [0.4, 0.5) is 13.2 Å². The molecule has 2 atom stereocenters. The quantitative estimate of drug-likeness (QED) is 0.879. The van der Waals surface area contributed by atoms with Crippen LogP contribution in [0.1, 0.15) is 37.3 Å². The minimum atomic E-state index is -4.49. The summed E-state index contributed by atoms with van der Waals surface area (Å²) < 4.78 is 38.0. The number of carbonyl (C=O) groups is 2. The summed E-state index contributed by atoms with van der Waals surface area (Å²) in [5.74, 6) is -2.64. The van der Waals surface area contributed by atoms with Gasteiger partial charge in [-0.05, 0) is 25.0 Å². The molecule has 2 N–H and O–H groups in total. The number of rotatable bonds is 5. The predicted octanol–water partition coefficient (Wildman–Crippen LogP) is 2.79. The molecule has 0 spiro atoms. The van der Waals surface area contributed by atoms with Crippen molar-refractivity contribution in [3.8, 4) is 0 Å². The van der Waals surface area contributed by atoms with Crippen molar-refractivity contribution in [1.29, 1.82) is 0 Å². The van der Waals surface area contributed by atoms with Gasteiger partial charge >= 0.3 is 12.1 Å². The summed E-state index contributed by atoms with van der Waals surface area (Å²) in [6, 6.07) is 3.40. The third-order valence-electron chi connectivity index (χ3n) is 3.07. The summed E-state index contributed by atoms with van der Waals surface area (Å²) in [4.78, 5) is 22.7. The van der Waals surface area contributed by atoms with Gasteiger partial charge in [0.2, 0.25) is 5.91 Å². The normalized spacial score (nSPS) is 14.3. The number of hydrogen-bond donors (Lipinski definition) is 2. The maximum Gasteiger partial charge on any atom is 0.416 e. The molecule has 1 amide bonds. The topological polar surface area (TPSA) is 66.4 Å². The van der Waals surface area contributed by atoms with E-state index in [2.05, 4.69) is 5.32 Å². The Balaban J connectivity index is 3.00. The van der Waals surface area contributed by atoms with Gasteiger partial charge in [0.25, 0.3) is 0 Å². The molecule has 1 aromatic carbocycles. The van der Waals surface area contributed by atoms with E-state index < -0.39 is 35.6 Å². The van der Waals surface area contributed by atoms with Gasteiger partial charge in [-0.15, -0.1) is 0 Å². The number of hydrogen-bond acceptors (Lipinski definition) is 2. The van der Waals surface area contributed by atoms with E-state index in [9.17, 15) is 22.8 Å². The molecule has 0 bridgehead atoms. The molecule has 0 radical (unpaired) electrons. The Kier molecular flexibility index (Phi) is 5.34. The lowest BCUT2D eigenvalue weighted by Gasteiger charge is -2.18. The van der Waals surface area contributed by atoms with Gasteiger partial charge in [0, 0.05) is 0 Å². The van der Waals surface area contributed by atoms with Crippen LogP contribution in [0.25, 0.3) is 0 Å². The standard InChI is InChI=1S/C14H16F3NO3/c1-3-11(12(19)18-8(2)13(20)21)9-5-4-6-10(7-9)14(15,16)17/h4-8,11H,3H2,1-2H3,(H,18,19)(H,20,21)/t8-,11?/m0/s1. The zero-order valence-electron chi connectivity index (χ0n) is 11.6. The number of aliphatic carboxylic acids is 1. The van der Waals surface area contributed by atoms with Crippen molar-refractivity contribution in [3.63, 3.8) is 0 Å². The lowest BCUT2D eigenvalue weighted by molar-refractivity contribution is -0.141. The molecule has 116 valence electrons. The highest BCUT2D eigenvalue weighted by atomic mass is 19.4. The second-order valence-corrected chi connectivity index (χ2v) is 4.65. The monoisotopic (exact) mass is 303 g/mol. The van der Waals surface area contributed by atoms with Gasteiger partial charge in [0.15, 0.2) is 0 Å². The number of nitrogens with one attached hydrogen (secondary N) is 1. The Morgan fingerprint density at radius 2 is 1.95 bits per heavy atom. The van der Waals surface area contributed by atoms with E-state index in [0.717, 1.165) is 12.1 Å². The first-order chi connectivity index (χ1) is 9.66.